The van der Waals surface area contributed by atoms with Gasteiger partial charge >= 0.3 is 0 Å². The summed E-state index contributed by atoms with van der Waals surface area (Å²) in [7, 11) is 0. The van der Waals surface area contributed by atoms with E-state index in [2.05, 4.69) is 51.8 Å². The van der Waals surface area contributed by atoms with Crippen molar-refractivity contribution in [2.45, 2.75) is 6.92 Å². The first-order chi connectivity index (χ1) is 9.34. The van der Waals surface area contributed by atoms with E-state index in [4.69, 9.17) is 0 Å². The maximum Gasteiger partial charge on any atom is 0.146 e. The lowest BCUT2D eigenvalue weighted by Crippen LogP contribution is -1.89. The number of aromatic amines is 1. The first-order valence-electron chi connectivity index (χ1n) is 6.34. The molecule has 3 heterocycles. The van der Waals surface area contributed by atoms with Crippen LogP contribution in [0.25, 0.3) is 27.8 Å². The van der Waals surface area contributed by atoms with Crippen molar-refractivity contribution in [3.8, 4) is 11.4 Å². The van der Waals surface area contributed by atoms with Crippen LogP contribution in [-0.2, 0) is 0 Å². The number of nitrogens with zero attached hydrogens (tertiary/aromatic N) is 2. The Kier molecular flexibility index (Phi) is 2.03. The van der Waals surface area contributed by atoms with Crippen LogP contribution in [-0.4, -0.2) is 14.4 Å². The molecule has 3 nitrogen and oxygen atoms in total. The van der Waals surface area contributed by atoms with Gasteiger partial charge in [0, 0.05) is 28.4 Å². The van der Waals surface area contributed by atoms with Crippen molar-refractivity contribution >= 4 is 16.4 Å². The predicted octanol–water partition coefficient (Wildman–Crippen LogP) is 3.79. The second kappa shape index (κ2) is 3.72. The van der Waals surface area contributed by atoms with Crippen molar-refractivity contribution in [2.75, 3.05) is 0 Å². The fraction of sp³-hybridized carbons (Fsp3) is 0.0625. The Morgan fingerprint density at radius 2 is 1.89 bits per heavy atom. The number of aromatic nitrogens is 3. The van der Waals surface area contributed by atoms with E-state index < -0.39 is 0 Å². The highest BCUT2D eigenvalue weighted by molar-refractivity contribution is 5.96. The molecular weight excluding hydrogens is 234 g/mol. The zero-order valence-corrected chi connectivity index (χ0v) is 10.6. The van der Waals surface area contributed by atoms with Crippen LogP contribution in [0.5, 0.6) is 0 Å². The van der Waals surface area contributed by atoms with E-state index in [9.17, 15) is 0 Å². The molecule has 3 heteroatoms. The minimum absolute atomic E-state index is 0.991. The van der Waals surface area contributed by atoms with Gasteiger partial charge in [-0.3, -0.25) is 4.40 Å². The fourth-order valence-corrected chi connectivity index (χ4v) is 2.69. The molecule has 0 saturated carbocycles. The smallest absolute Gasteiger partial charge is 0.146 e. The van der Waals surface area contributed by atoms with Gasteiger partial charge in [0.25, 0.3) is 0 Å². The molecule has 0 fully saturated rings. The number of fused-ring (bicyclic) bond motifs is 2. The molecule has 4 rings (SSSR count). The number of benzene rings is 1. The summed E-state index contributed by atoms with van der Waals surface area (Å²) in [4.78, 5) is 8.02. The molecular formula is C16H13N3. The topological polar surface area (TPSA) is 33.1 Å². The van der Waals surface area contributed by atoms with Gasteiger partial charge in [0.1, 0.15) is 5.82 Å². The Balaban J connectivity index is 2.12. The molecule has 0 atom stereocenters. The second-order valence-electron chi connectivity index (χ2n) is 4.75. The van der Waals surface area contributed by atoms with Gasteiger partial charge in [-0.05, 0) is 25.1 Å². The maximum atomic E-state index is 4.59. The predicted molar refractivity (Wildman–Crippen MR) is 77.2 cm³/mol. The summed E-state index contributed by atoms with van der Waals surface area (Å²) < 4.78 is 2.13. The Morgan fingerprint density at radius 3 is 2.84 bits per heavy atom. The van der Waals surface area contributed by atoms with Crippen molar-refractivity contribution in [2.24, 2.45) is 0 Å². The van der Waals surface area contributed by atoms with Crippen LogP contribution >= 0.6 is 0 Å². The molecule has 0 aliphatic carbocycles. The summed E-state index contributed by atoms with van der Waals surface area (Å²) in [5.74, 6) is 0.991. The molecule has 0 aliphatic rings. The van der Waals surface area contributed by atoms with E-state index >= 15 is 0 Å². The van der Waals surface area contributed by atoms with Crippen molar-refractivity contribution < 1.29 is 0 Å². The van der Waals surface area contributed by atoms with Gasteiger partial charge < -0.3 is 4.98 Å². The molecule has 0 bridgehead atoms. The Hall–Kier alpha value is -2.55. The lowest BCUT2D eigenvalue weighted by atomic mass is 10.1. The van der Waals surface area contributed by atoms with Crippen molar-refractivity contribution in [3.63, 3.8) is 0 Å². The van der Waals surface area contributed by atoms with E-state index in [1.54, 1.807) is 0 Å². The van der Waals surface area contributed by atoms with Crippen LogP contribution in [0.4, 0.5) is 0 Å². The summed E-state index contributed by atoms with van der Waals surface area (Å²) in [6, 6.07) is 14.5. The van der Waals surface area contributed by atoms with Gasteiger partial charge in [-0.2, -0.15) is 0 Å². The third-order valence-corrected chi connectivity index (χ3v) is 3.56. The van der Waals surface area contributed by atoms with Gasteiger partial charge in [-0.15, -0.1) is 0 Å². The van der Waals surface area contributed by atoms with Crippen LogP contribution in [0, 0.1) is 6.92 Å². The molecule has 0 radical (unpaired) electrons. The lowest BCUT2D eigenvalue weighted by Gasteiger charge is -2.01. The SMILES string of the molecule is Cc1[nH]c2ccccc2c1-c1ncc2ccccn12. The molecule has 1 N–H and O–H groups in total. The third kappa shape index (κ3) is 1.41. The minimum atomic E-state index is 0.991. The summed E-state index contributed by atoms with van der Waals surface area (Å²) in [6.07, 6.45) is 3.97. The molecule has 0 amide bonds. The van der Waals surface area contributed by atoms with Crippen molar-refractivity contribution in [3.05, 3.63) is 60.6 Å². The standard InChI is InChI=1S/C16H13N3/c1-11-15(13-7-2-3-8-14(13)18-11)16-17-10-12-6-4-5-9-19(12)16/h2-10,18H,1H3. The molecule has 0 saturated heterocycles. The third-order valence-electron chi connectivity index (χ3n) is 3.56. The number of rotatable bonds is 1. The number of nitrogens with one attached hydrogen (secondary N) is 1. The van der Waals surface area contributed by atoms with Crippen LogP contribution in [0.15, 0.2) is 54.9 Å². The van der Waals surface area contributed by atoms with Crippen LogP contribution < -0.4 is 0 Å². The number of hydrogen-bond acceptors (Lipinski definition) is 1. The molecule has 1 aromatic carbocycles. The molecule has 0 unspecified atom stereocenters. The second-order valence-corrected chi connectivity index (χ2v) is 4.75. The highest BCUT2D eigenvalue weighted by atomic mass is 15.0. The number of imidazole rings is 1. The average Bonchev–Trinajstić information content (AvgIpc) is 2.98. The zero-order chi connectivity index (χ0) is 12.8. The maximum absolute atomic E-state index is 4.59. The molecule has 4 aromatic rings. The zero-order valence-electron chi connectivity index (χ0n) is 10.6. The fourth-order valence-electron chi connectivity index (χ4n) is 2.69. The van der Waals surface area contributed by atoms with E-state index in [0.717, 1.165) is 22.6 Å². The summed E-state index contributed by atoms with van der Waals surface area (Å²) in [5, 5.41) is 1.22. The van der Waals surface area contributed by atoms with Crippen molar-refractivity contribution in [1.29, 1.82) is 0 Å². The monoisotopic (exact) mass is 247 g/mol. The molecule has 3 aromatic heterocycles. The molecule has 0 spiro atoms. The highest BCUT2D eigenvalue weighted by Crippen LogP contribution is 2.31. The van der Waals surface area contributed by atoms with Gasteiger partial charge in [0.15, 0.2) is 0 Å². The molecule has 92 valence electrons. The first kappa shape index (κ1) is 10.4. The van der Waals surface area contributed by atoms with E-state index in [1.807, 2.05) is 24.4 Å². The highest BCUT2D eigenvalue weighted by Gasteiger charge is 2.14. The van der Waals surface area contributed by atoms with Gasteiger partial charge in [-0.25, -0.2) is 4.98 Å². The lowest BCUT2D eigenvalue weighted by molar-refractivity contribution is 1.15. The minimum Gasteiger partial charge on any atom is -0.358 e. The van der Waals surface area contributed by atoms with Crippen molar-refractivity contribution in [1.82, 2.24) is 14.4 Å². The molecule has 0 aliphatic heterocycles. The Bertz CT molecular complexity index is 883. The van der Waals surface area contributed by atoms with Gasteiger partial charge in [-0.1, -0.05) is 24.3 Å². The number of aryl methyl sites for hydroxylation is 1. The number of pyridine rings is 1. The summed E-state index contributed by atoms with van der Waals surface area (Å²) in [6.45, 7) is 2.10. The number of H-pyrrole nitrogens is 1. The van der Waals surface area contributed by atoms with Gasteiger partial charge in [0.05, 0.1) is 11.7 Å². The quantitative estimate of drug-likeness (QED) is 0.545. The largest absolute Gasteiger partial charge is 0.358 e. The van der Waals surface area contributed by atoms with E-state index in [-0.39, 0.29) is 0 Å². The van der Waals surface area contributed by atoms with Crippen LogP contribution in [0.1, 0.15) is 5.69 Å². The number of para-hydroxylation sites is 1. The summed E-state index contributed by atoms with van der Waals surface area (Å²) in [5.41, 5.74) is 4.60. The van der Waals surface area contributed by atoms with E-state index in [1.165, 1.54) is 10.9 Å². The Morgan fingerprint density at radius 1 is 1.05 bits per heavy atom. The average molecular weight is 247 g/mol. The normalized spacial score (nSPS) is 11.4. The van der Waals surface area contributed by atoms with Crippen LogP contribution in [0.3, 0.4) is 0 Å². The Labute approximate surface area is 110 Å². The summed E-state index contributed by atoms with van der Waals surface area (Å²) >= 11 is 0. The first-order valence-corrected chi connectivity index (χ1v) is 6.34. The molecule has 19 heavy (non-hydrogen) atoms. The number of hydrogen-bond donors (Lipinski definition) is 1. The van der Waals surface area contributed by atoms with E-state index in [0.29, 0.717) is 0 Å². The van der Waals surface area contributed by atoms with Crippen LogP contribution in [0.2, 0.25) is 0 Å². The van der Waals surface area contributed by atoms with Gasteiger partial charge in [0.2, 0.25) is 0 Å².